The maximum Gasteiger partial charge on any atom is 1.00 e. The van der Waals surface area contributed by atoms with Crippen molar-refractivity contribution in [1.29, 1.82) is 0 Å². The molecule has 0 saturated heterocycles. The zero-order chi connectivity index (χ0) is 25.0. The molecule has 3 rings (SSSR count). The molecular weight excluding hydrogens is 479 g/mol. The van der Waals surface area contributed by atoms with Crippen LogP contribution in [0.5, 0.6) is 0 Å². The first-order valence-corrected chi connectivity index (χ1v) is 10.5. The molecular formula is C24H23F4N2NaO4. The number of carbonyl (C=O) groups excluding carboxylic acids is 1. The molecule has 1 heterocycles. The Morgan fingerprint density at radius 3 is 2.14 bits per heavy atom. The average Bonchev–Trinajstić information content (AvgIpc) is 3.12. The van der Waals surface area contributed by atoms with Gasteiger partial charge in [-0.25, -0.2) is 9.37 Å². The van der Waals surface area contributed by atoms with Crippen LogP contribution in [0.15, 0.2) is 48.5 Å². The number of aryl methyl sites for hydroxylation is 1. The van der Waals surface area contributed by atoms with Crippen molar-refractivity contribution in [2.24, 2.45) is 0 Å². The Labute approximate surface area is 221 Å². The van der Waals surface area contributed by atoms with E-state index in [2.05, 4.69) is 4.98 Å². The number of nitrogens with zero attached hydrogens (tertiary/aromatic N) is 2. The predicted octanol–water partition coefficient (Wildman–Crippen LogP) is 0.329. The molecule has 0 bridgehead atoms. The molecule has 11 heteroatoms. The van der Waals surface area contributed by atoms with E-state index >= 15 is 0 Å². The van der Waals surface area contributed by atoms with Crippen LogP contribution in [0.25, 0.3) is 22.5 Å². The topological polar surface area (TPSA) is 98.4 Å². The first-order chi connectivity index (χ1) is 16.0. The SMILES string of the molecule is Cc1ccc(-c2nc(C(F)(F)F)n(CC[C@@H](O)C[C@@H](O)CC(=O)[O-])c2-c2ccc(F)cc2)cc1.[Na+]. The van der Waals surface area contributed by atoms with Crippen LogP contribution in [0.1, 0.15) is 30.7 Å². The first-order valence-electron chi connectivity index (χ1n) is 10.5. The van der Waals surface area contributed by atoms with Gasteiger partial charge >= 0.3 is 35.7 Å². The van der Waals surface area contributed by atoms with Crippen LogP contribution < -0.4 is 34.7 Å². The fraction of sp³-hybridized carbons (Fsp3) is 0.333. The molecule has 2 aromatic carbocycles. The van der Waals surface area contributed by atoms with Gasteiger partial charge in [0.1, 0.15) is 5.82 Å². The van der Waals surface area contributed by atoms with Gasteiger partial charge in [-0.3, -0.25) is 0 Å². The van der Waals surface area contributed by atoms with E-state index in [9.17, 15) is 37.7 Å². The standard InChI is InChI=1S/C24H24F4N2O4.Na/c1-14-2-4-15(5-3-14)21-22(16-6-8-17(25)9-7-16)30(23(29-21)24(26,27)28)11-10-18(31)12-19(32)13-20(33)34;/h2-9,18-19,31-32H,10-13H2,1H3,(H,33,34);/q;+1/p-1/t18-,19-;/m1./s1. The number of imidazole rings is 1. The van der Waals surface area contributed by atoms with E-state index in [1.807, 2.05) is 6.92 Å². The second kappa shape index (κ2) is 12.1. The minimum Gasteiger partial charge on any atom is -0.550 e. The normalized spacial score (nSPS) is 13.2. The van der Waals surface area contributed by atoms with Crippen LogP contribution in [0.4, 0.5) is 17.6 Å². The van der Waals surface area contributed by atoms with Crippen LogP contribution >= 0.6 is 0 Å². The van der Waals surface area contributed by atoms with Crippen molar-refractivity contribution < 1.29 is 67.2 Å². The molecule has 2 atom stereocenters. The van der Waals surface area contributed by atoms with E-state index in [1.54, 1.807) is 24.3 Å². The minimum atomic E-state index is -4.82. The Bertz CT molecular complexity index is 1130. The Morgan fingerprint density at radius 2 is 1.60 bits per heavy atom. The molecule has 0 fully saturated rings. The molecule has 3 aromatic rings. The minimum absolute atomic E-state index is 0. The number of carboxylic acids is 1. The van der Waals surface area contributed by atoms with Crippen molar-refractivity contribution in [2.75, 3.05) is 0 Å². The van der Waals surface area contributed by atoms with E-state index in [0.717, 1.165) is 22.3 Å². The number of aromatic nitrogens is 2. The van der Waals surface area contributed by atoms with Crippen molar-refractivity contribution in [2.45, 2.75) is 51.1 Å². The summed E-state index contributed by atoms with van der Waals surface area (Å²) in [6.45, 7) is 1.50. The molecule has 0 amide bonds. The average molecular weight is 502 g/mol. The Morgan fingerprint density at radius 1 is 1.03 bits per heavy atom. The van der Waals surface area contributed by atoms with Gasteiger partial charge < -0.3 is 24.7 Å². The van der Waals surface area contributed by atoms with Crippen molar-refractivity contribution in [3.05, 3.63) is 65.7 Å². The Balaban J connectivity index is 0.00000432. The summed E-state index contributed by atoms with van der Waals surface area (Å²) in [6.07, 6.45) is -8.76. The summed E-state index contributed by atoms with van der Waals surface area (Å²) in [7, 11) is 0. The molecule has 35 heavy (non-hydrogen) atoms. The Hall–Kier alpha value is -2.24. The molecule has 6 nitrogen and oxygen atoms in total. The predicted molar refractivity (Wildman–Crippen MR) is 114 cm³/mol. The molecule has 0 saturated carbocycles. The van der Waals surface area contributed by atoms with Crippen LogP contribution in [-0.4, -0.2) is 37.9 Å². The summed E-state index contributed by atoms with van der Waals surface area (Å²) >= 11 is 0. The molecule has 2 N–H and O–H groups in total. The van der Waals surface area contributed by atoms with Gasteiger partial charge in [0.25, 0.3) is 0 Å². The molecule has 0 unspecified atom stereocenters. The molecule has 0 spiro atoms. The van der Waals surface area contributed by atoms with Crippen LogP contribution in [0.2, 0.25) is 0 Å². The third-order valence-corrected chi connectivity index (χ3v) is 5.30. The van der Waals surface area contributed by atoms with Gasteiger partial charge in [0, 0.05) is 30.1 Å². The molecule has 182 valence electrons. The number of aliphatic carboxylic acids is 1. The van der Waals surface area contributed by atoms with Gasteiger partial charge in [0.2, 0.25) is 5.82 Å². The monoisotopic (exact) mass is 502 g/mol. The molecule has 0 aliphatic rings. The van der Waals surface area contributed by atoms with Crippen LogP contribution in [0, 0.1) is 12.7 Å². The summed E-state index contributed by atoms with van der Waals surface area (Å²) in [5.74, 6) is -3.25. The fourth-order valence-electron chi connectivity index (χ4n) is 3.69. The number of aliphatic hydroxyl groups excluding tert-OH is 2. The number of hydrogen-bond donors (Lipinski definition) is 2. The molecule has 0 radical (unpaired) electrons. The van der Waals surface area contributed by atoms with E-state index < -0.39 is 42.4 Å². The third-order valence-electron chi connectivity index (χ3n) is 5.30. The van der Waals surface area contributed by atoms with Crippen molar-refractivity contribution in [3.8, 4) is 22.5 Å². The number of carbonyl (C=O) groups is 1. The molecule has 0 aliphatic carbocycles. The number of aliphatic hydroxyl groups is 2. The second-order valence-electron chi connectivity index (χ2n) is 8.06. The smallest absolute Gasteiger partial charge is 0.550 e. The zero-order valence-corrected chi connectivity index (χ0v) is 21.2. The Kier molecular flexibility index (Phi) is 10.1. The van der Waals surface area contributed by atoms with Crippen molar-refractivity contribution >= 4 is 5.97 Å². The first kappa shape index (κ1) is 29.0. The summed E-state index contributed by atoms with van der Waals surface area (Å²) < 4.78 is 56.3. The largest absolute Gasteiger partial charge is 1.00 e. The van der Waals surface area contributed by atoms with E-state index in [1.165, 1.54) is 12.1 Å². The van der Waals surface area contributed by atoms with Crippen molar-refractivity contribution in [1.82, 2.24) is 9.55 Å². The second-order valence-corrected chi connectivity index (χ2v) is 8.06. The zero-order valence-electron chi connectivity index (χ0n) is 19.2. The van der Waals surface area contributed by atoms with Gasteiger partial charge in [-0.15, -0.1) is 0 Å². The number of rotatable bonds is 9. The number of hydrogen-bond acceptors (Lipinski definition) is 5. The van der Waals surface area contributed by atoms with E-state index in [-0.39, 0.29) is 60.3 Å². The number of benzene rings is 2. The maximum absolute atomic E-state index is 14.0. The van der Waals surface area contributed by atoms with Crippen LogP contribution in [-0.2, 0) is 17.5 Å². The quantitative estimate of drug-likeness (QED) is 0.325. The summed E-state index contributed by atoms with van der Waals surface area (Å²) in [4.78, 5) is 14.5. The summed E-state index contributed by atoms with van der Waals surface area (Å²) in [6, 6.07) is 11.7. The number of halogens is 4. The fourth-order valence-corrected chi connectivity index (χ4v) is 3.69. The van der Waals surface area contributed by atoms with Gasteiger partial charge in [0.15, 0.2) is 0 Å². The number of alkyl halides is 3. The van der Waals surface area contributed by atoms with Crippen molar-refractivity contribution in [3.63, 3.8) is 0 Å². The third kappa shape index (κ3) is 7.62. The summed E-state index contributed by atoms with van der Waals surface area (Å²) in [5.41, 5.74) is 1.77. The van der Waals surface area contributed by atoms with Gasteiger partial charge in [-0.2, -0.15) is 13.2 Å². The van der Waals surface area contributed by atoms with Gasteiger partial charge in [-0.1, -0.05) is 29.8 Å². The summed E-state index contributed by atoms with van der Waals surface area (Å²) in [5, 5.41) is 30.5. The molecule has 1 aromatic heterocycles. The molecule has 0 aliphatic heterocycles. The van der Waals surface area contributed by atoms with E-state index in [0.29, 0.717) is 11.1 Å². The van der Waals surface area contributed by atoms with Gasteiger partial charge in [0.05, 0.1) is 23.6 Å². The van der Waals surface area contributed by atoms with Gasteiger partial charge in [-0.05, 0) is 44.0 Å². The van der Waals surface area contributed by atoms with E-state index in [4.69, 9.17) is 0 Å². The maximum atomic E-state index is 14.0. The van der Waals surface area contributed by atoms with Crippen LogP contribution in [0.3, 0.4) is 0 Å². The number of carboxylic acid groups (broad SMARTS) is 1.